The molecule has 0 heterocycles. The number of benzene rings is 1. The van der Waals surface area contributed by atoms with Crippen LogP contribution >= 0.6 is 0 Å². The molecule has 0 saturated heterocycles. The van der Waals surface area contributed by atoms with Crippen LogP contribution < -0.4 is 5.32 Å². The molecular weight excluding hydrogens is 230 g/mol. The van der Waals surface area contributed by atoms with Crippen molar-refractivity contribution >= 4 is 0 Å². The lowest BCUT2D eigenvalue weighted by atomic mass is 10.0. The Morgan fingerprint density at radius 3 is 2.58 bits per heavy atom. The van der Waals surface area contributed by atoms with Gasteiger partial charge in [-0.2, -0.15) is 0 Å². The quantitative estimate of drug-likeness (QED) is 0.473. The van der Waals surface area contributed by atoms with Gasteiger partial charge in [0.25, 0.3) is 0 Å². The summed E-state index contributed by atoms with van der Waals surface area (Å²) in [5.41, 5.74) is 1.41. The van der Waals surface area contributed by atoms with Gasteiger partial charge in [0.1, 0.15) is 0 Å². The standard InChI is InChI=1S/C18H27N/c1-3-5-7-12-16-19-18(15-9-6-4-2)17-13-10-8-11-14-17/h1,8,10-11,13-14,18-19H,4-7,9,12,15-16H2,2H3. The summed E-state index contributed by atoms with van der Waals surface area (Å²) in [6, 6.07) is 11.3. The smallest absolute Gasteiger partial charge is 0.0320 e. The second-order valence-corrected chi connectivity index (χ2v) is 5.07. The summed E-state index contributed by atoms with van der Waals surface area (Å²) in [5.74, 6) is 2.70. The van der Waals surface area contributed by atoms with Gasteiger partial charge < -0.3 is 5.32 Å². The molecule has 0 amide bonds. The van der Waals surface area contributed by atoms with Gasteiger partial charge in [0.05, 0.1) is 0 Å². The zero-order valence-corrected chi connectivity index (χ0v) is 12.2. The van der Waals surface area contributed by atoms with Gasteiger partial charge in [-0.3, -0.25) is 0 Å². The second-order valence-electron chi connectivity index (χ2n) is 5.07. The zero-order chi connectivity index (χ0) is 13.8. The van der Waals surface area contributed by atoms with Crippen molar-refractivity contribution in [1.82, 2.24) is 5.32 Å². The van der Waals surface area contributed by atoms with E-state index in [-0.39, 0.29) is 0 Å². The van der Waals surface area contributed by atoms with E-state index in [0.717, 1.165) is 19.4 Å². The van der Waals surface area contributed by atoms with Crippen LogP contribution in [0.25, 0.3) is 0 Å². The van der Waals surface area contributed by atoms with Crippen LogP contribution in [0.1, 0.15) is 63.5 Å². The summed E-state index contributed by atoms with van der Waals surface area (Å²) in [6.07, 6.45) is 13.6. The average Bonchev–Trinajstić information content (AvgIpc) is 2.46. The lowest BCUT2D eigenvalue weighted by molar-refractivity contribution is 0.466. The van der Waals surface area contributed by atoms with Crippen molar-refractivity contribution in [3.05, 3.63) is 35.9 Å². The van der Waals surface area contributed by atoms with Gasteiger partial charge in [-0.15, -0.1) is 12.3 Å². The number of hydrogen-bond donors (Lipinski definition) is 1. The largest absolute Gasteiger partial charge is 0.310 e. The van der Waals surface area contributed by atoms with E-state index in [1.54, 1.807) is 0 Å². The number of nitrogens with one attached hydrogen (secondary N) is 1. The predicted molar refractivity (Wildman–Crippen MR) is 84.0 cm³/mol. The van der Waals surface area contributed by atoms with E-state index >= 15 is 0 Å². The Morgan fingerprint density at radius 1 is 1.11 bits per heavy atom. The Morgan fingerprint density at radius 2 is 1.89 bits per heavy atom. The first kappa shape index (κ1) is 15.8. The fraction of sp³-hybridized carbons (Fsp3) is 0.556. The molecule has 1 aromatic carbocycles. The van der Waals surface area contributed by atoms with Crippen molar-refractivity contribution in [3.63, 3.8) is 0 Å². The highest BCUT2D eigenvalue weighted by Gasteiger charge is 2.09. The third-order valence-corrected chi connectivity index (χ3v) is 3.44. The molecule has 1 unspecified atom stereocenters. The first-order valence-corrected chi connectivity index (χ1v) is 7.60. The highest BCUT2D eigenvalue weighted by atomic mass is 14.9. The first-order valence-electron chi connectivity index (χ1n) is 7.60. The van der Waals surface area contributed by atoms with Crippen LogP contribution in [0.2, 0.25) is 0 Å². The zero-order valence-electron chi connectivity index (χ0n) is 12.2. The van der Waals surface area contributed by atoms with E-state index in [2.05, 4.69) is 48.5 Å². The predicted octanol–water partition coefficient (Wildman–Crippen LogP) is 4.70. The molecule has 0 aromatic heterocycles. The van der Waals surface area contributed by atoms with Crippen molar-refractivity contribution in [1.29, 1.82) is 0 Å². The fourth-order valence-electron chi connectivity index (χ4n) is 2.30. The van der Waals surface area contributed by atoms with Gasteiger partial charge in [0, 0.05) is 12.5 Å². The van der Waals surface area contributed by atoms with Crippen molar-refractivity contribution in [2.45, 2.75) is 57.9 Å². The maximum Gasteiger partial charge on any atom is 0.0320 e. The van der Waals surface area contributed by atoms with Gasteiger partial charge >= 0.3 is 0 Å². The number of terminal acetylenes is 1. The molecule has 0 saturated carbocycles. The molecule has 1 N–H and O–H groups in total. The molecule has 1 nitrogen and oxygen atoms in total. The van der Waals surface area contributed by atoms with Crippen LogP contribution in [0.4, 0.5) is 0 Å². The molecule has 0 aliphatic heterocycles. The van der Waals surface area contributed by atoms with E-state index in [0.29, 0.717) is 6.04 Å². The molecule has 1 aromatic rings. The normalized spacial score (nSPS) is 12.0. The monoisotopic (exact) mass is 257 g/mol. The molecule has 0 radical (unpaired) electrons. The minimum Gasteiger partial charge on any atom is -0.310 e. The van der Waals surface area contributed by atoms with E-state index < -0.39 is 0 Å². The minimum atomic E-state index is 0.499. The fourth-order valence-corrected chi connectivity index (χ4v) is 2.30. The molecule has 1 rings (SSSR count). The molecule has 0 bridgehead atoms. The average molecular weight is 257 g/mol. The van der Waals surface area contributed by atoms with Crippen LogP contribution in [0.15, 0.2) is 30.3 Å². The Balaban J connectivity index is 2.39. The van der Waals surface area contributed by atoms with Crippen molar-refractivity contribution in [2.75, 3.05) is 6.54 Å². The summed E-state index contributed by atoms with van der Waals surface area (Å²) < 4.78 is 0. The van der Waals surface area contributed by atoms with E-state index in [9.17, 15) is 0 Å². The van der Waals surface area contributed by atoms with Crippen LogP contribution in [0, 0.1) is 12.3 Å². The maximum absolute atomic E-state index is 5.27. The van der Waals surface area contributed by atoms with Gasteiger partial charge in [0.15, 0.2) is 0 Å². The maximum atomic E-state index is 5.27. The molecule has 0 fully saturated rings. The second kappa shape index (κ2) is 10.6. The highest BCUT2D eigenvalue weighted by Crippen LogP contribution is 2.19. The summed E-state index contributed by atoms with van der Waals surface area (Å²) in [4.78, 5) is 0. The van der Waals surface area contributed by atoms with Gasteiger partial charge in [0.2, 0.25) is 0 Å². The lowest BCUT2D eigenvalue weighted by Crippen LogP contribution is -2.22. The molecular formula is C18H27N. The van der Waals surface area contributed by atoms with Crippen molar-refractivity contribution in [3.8, 4) is 12.3 Å². The van der Waals surface area contributed by atoms with Gasteiger partial charge in [-0.1, -0.05) is 56.5 Å². The van der Waals surface area contributed by atoms with E-state index in [1.807, 2.05) is 0 Å². The van der Waals surface area contributed by atoms with Crippen LogP contribution in [0.5, 0.6) is 0 Å². The summed E-state index contributed by atoms with van der Waals surface area (Å²) >= 11 is 0. The van der Waals surface area contributed by atoms with Gasteiger partial charge in [-0.05, 0) is 31.4 Å². The Bertz CT molecular complexity index is 350. The van der Waals surface area contributed by atoms with Crippen LogP contribution in [-0.4, -0.2) is 6.54 Å². The molecule has 0 spiro atoms. The van der Waals surface area contributed by atoms with E-state index in [1.165, 1.54) is 37.7 Å². The minimum absolute atomic E-state index is 0.499. The van der Waals surface area contributed by atoms with Crippen LogP contribution in [-0.2, 0) is 0 Å². The molecule has 104 valence electrons. The number of unbranched alkanes of at least 4 members (excludes halogenated alkanes) is 4. The Kier molecular flexibility index (Phi) is 8.85. The third kappa shape index (κ3) is 7.03. The Labute approximate surface area is 118 Å². The first-order chi connectivity index (χ1) is 9.38. The van der Waals surface area contributed by atoms with Crippen LogP contribution in [0.3, 0.4) is 0 Å². The number of hydrogen-bond acceptors (Lipinski definition) is 1. The number of rotatable bonds is 10. The third-order valence-electron chi connectivity index (χ3n) is 3.44. The van der Waals surface area contributed by atoms with Gasteiger partial charge in [-0.25, -0.2) is 0 Å². The van der Waals surface area contributed by atoms with E-state index in [4.69, 9.17) is 6.42 Å². The molecule has 0 aliphatic rings. The summed E-state index contributed by atoms with van der Waals surface area (Å²) in [5, 5.41) is 3.69. The highest BCUT2D eigenvalue weighted by molar-refractivity contribution is 5.18. The summed E-state index contributed by atoms with van der Waals surface area (Å²) in [7, 11) is 0. The molecule has 1 atom stereocenters. The Hall–Kier alpha value is -1.26. The lowest BCUT2D eigenvalue weighted by Gasteiger charge is -2.19. The van der Waals surface area contributed by atoms with Crippen molar-refractivity contribution < 1.29 is 0 Å². The topological polar surface area (TPSA) is 12.0 Å². The SMILES string of the molecule is C#CCCCCNC(CCCCC)c1ccccc1. The molecule has 19 heavy (non-hydrogen) atoms. The van der Waals surface area contributed by atoms with Crippen molar-refractivity contribution in [2.24, 2.45) is 0 Å². The molecule has 1 heteroatoms. The summed E-state index contributed by atoms with van der Waals surface area (Å²) in [6.45, 7) is 3.32. The molecule has 0 aliphatic carbocycles.